The third-order valence-electron chi connectivity index (χ3n) is 2.70. The van der Waals surface area contributed by atoms with Crippen molar-refractivity contribution in [3.05, 3.63) is 29.0 Å². The van der Waals surface area contributed by atoms with Gasteiger partial charge in [0.05, 0.1) is 0 Å². The Morgan fingerprint density at radius 2 is 2.20 bits per heavy atom. The molecular formula is C9H13FInNO3. The van der Waals surface area contributed by atoms with Gasteiger partial charge in [0.2, 0.25) is 0 Å². The fourth-order valence-electron chi connectivity index (χ4n) is 1.65. The Hall–Kier alpha value is -0.360. The summed E-state index contributed by atoms with van der Waals surface area (Å²) in [5.74, 6) is 0. The quantitative estimate of drug-likeness (QED) is 0.632. The molecule has 0 amide bonds. The van der Waals surface area contributed by atoms with E-state index in [9.17, 15) is 12.8 Å². The van der Waals surface area contributed by atoms with E-state index in [0.717, 1.165) is 0 Å². The van der Waals surface area contributed by atoms with E-state index in [1.807, 2.05) is 13.8 Å². The maximum absolute atomic E-state index is 13.9. The molecule has 1 rings (SSSR count). The molecule has 1 N–H and O–H groups in total. The Kier molecular flexibility index (Phi) is 3.94. The van der Waals surface area contributed by atoms with E-state index in [0.29, 0.717) is 9.75 Å². The van der Waals surface area contributed by atoms with Crippen LogP contribution in [0.1, 0.15) is 20.3 Å². The maximum atomic E-state index is 13.9. The van der Waals surface area contributed by atoms with Crippen molar-refractivity contribution in [1.29, 1.82) is 0 Å². The van der Waals surface area contributed by atoms with Gasteiger partial charge in [0, 0.05) is 0 Å². The van der Waals surface area contributed by atoms with E-state index >= 15 is 0 Å². The van der Waals surface area contributed by atoms with Crippen LogP contribution in [0.5, 0.6) is 0 Å². The van der Waals surface area contributed by atoms with Crippen LogP contribution in [-0.4, -0.2) is 38.7 Å². The van der Waals surface area contributed by atoms with Crippen LogP contribution < -0.4 is 0 Å². The molecule has 0 saturated heterocycles. The summed E-state index contributed by atoms with van der Waals surface area (Å²) in [6.45, 7) is 3.60. The monoisotopic (exact) mass is 317 g/mol. The van der Waals surface area contributed by atoms with Crippen molar-refractivity contribution in [2.75, 3.05) is 6.61 Å². The average molecular weight is 317 g/mol. The second-order valence-electron chi connectivity index (χ2n) is 4.19. The van der Waals surface area contributed by atoms with Crippen LogP contribution in [0.25, 0.3) is 0 Å². The van der Waals surface area contributed by atoms with E-state index in [4.69, 9.17) is 5.11 Å². The summed E-state index contributed by atoms with van der Waals surface area (Å²) >= 11 is -3.81. The molecule has 4 nitrogen and oxygen atoms in total. The first kappa shape index (κ1) is 12.7. The van der Waals surface area contributed by atoms with Crippen molar-refractivity contribution in [2.24, 2.45) is 5.41 Å². The molecule has 0 aromatic rings. The Balaban J connectivity index is 2.83. The molecule has 0 atom stereocenters. The van der Waals surface area contributed by atoms with Crippen molar-refractivity contribution in [2.45, 2.75) is 20.3 Å². The first-order valence-corrected chi connectivity index (χ1v) is 9.26. The molecule has 0 unspecified atom stereocenters. The van der Waals surface area contributed by atoms with E-state index < -0.39 is 32.4 Å². The SMILES string of the molecule is CC(C)(CCO)[C]1=CC=[C]([N+](=O)[O-])[In]1[F]. The Morgan fingerprint density at radius 1 is 1.60 bits per heavy atom. The molecule has 0 fully saturated rings. The van der Waals surface area contributed by atoms with Gasteiger partial charge in [-0.15, -0.1) is 0 Å². The number of aliphatic hydroxyl groups excluding tert-OH is 1. The van der Waals surface area contributed by atoms with Crippen LogP contribution in [0.3, 0.4) is 0 Å². The number of allylic oxidation sites excluding steroid dienone is 3. The summed E-state index contributed by atoms with van der Waals surface area (Å²) in [7, 11) is 0. The van der Waals surface area contributed by atoms with E-state index in [1.165, 1.54) is 12.2 Å². The van der Waals surface area contributed by atoms with Gasteiger partial charge >= 0.3 is 96.1 Å². The van der Waals surface area contributed by atoms with Gasteiger partial charge in [-0.1, -0.05) is 0 Å². The number of nitro groups is 1. The molecule has 1 aliphatic heterocycles. The number of hydrogen-bond acceptors (Lipinski definition) is 3. The summed E-state index contributed by atoms with van der Waals surface area (Å²) < 4.78 is 14.2. The van der Waals surface area contributed by atoms with Crippen molar-refractivity contribution in [1.82, 2.24) is 0 Å². The standard InChI is InChI=1S/C9H13NO3.FH.In/c1-9(2,6-8-11)5-3-4-7-10(12)13;;/h3-4,11H,6,8H2,1-2H3;1H;/q;;+1/p-1. The molecule has 0 radical (unpaired) electrons. The average Bonchev–Trinajstić information content (AvgIpc) is 2.47. The molecule has 0 bridgehead atoms. The van der Waals surface area contributed by atoms with Crippen molar-refractivity contribution < 1.29 is 12.7 Å². The van der Waals surface area contributed by atoms with Gasteiger partial charge < -0.3 is 0 Å². The zero-order valence-electron chi connectivity index (χ0n) is 8.74. The normalized spacial score (nSPS) is 16.4. The molecule has 15 heavy (non-hydrogen) atoms. The number of nitrogens with zero attached hydrogens (tertiary/aromatic N) is 1. The summed E-state index contributed by atoms with van der Waals surface area (Å²) in [6.07, 6.45) is 3.26. The van der Waals surface area contributed by atoms with Crippen molar-refractivity contribution in [3.63, 3.8) is 0 Å². The predicted molar refractivity (Wildman–Crippen MR) is 55.5 cm³/mol. The molecule has 1 aliphatic rings. The minimum absolute atomic E-state index is 0.0310. The predicted octanol–water partition coefficient (Wildman–Crippen LogP) is 1.53. The number of hydrogen-bond donors (Lipinski definition) is 1. The minimum atomic E-state index is -3.81. The Labute approximate surface area is 96.0 Å². The van der Waals surface area contributed by atoms with E-state index in [1.54, 1.807) is 0 Å². The number of rotatable bonds is 4. The van der Waals surface area contributed by atoms with Gasteiger partial charge in [-0.2, -0.15) is 0 Å². The van der Waals surface area contributed by atoms with Crippen LogP contribution >= 0.6 is 0 Å². The van der Waals surface area contributed by atoms with Gasteiger partial charge in [-0.25, -0.2) is 0 Å². The first-order valence-electron chi connectivity index (χ1n) is 4.71. The third-order valence-corrected chi connectivity index (χ3v) is 9.67. The Bertz CT molecular complexity index is 338. The van der Waals surface area contributed by atoms with E-state index in [2.05, 4.69) is 0 Å². The molecule has 0 aliphatic carbocycles. The van der Waals surface area contributed by atoms with Crippen LogP contribution in [0.2, 0.25) is 0 Å². The fourth-order valence-corrected chi connectivity index (χ4v) is 6.97. The van der Waals surface area contributed by atoms with Crippen molar-refractivity contribution in [3.8, 4) is 0 Å². The van der Waals surface area contributed by atoms with Gasteiger partial charge in [0.1, 0.15) is 0 Å². The first-order chi connectivity index (χ1) is 6.90. The fraction of sp³-hybridized carbons (Fsp3) is 0.556. The van der Waals surface area contributed by atoms with E-state index in [-0.39, 0.29) is 10.1 Å². The topological polar surface area (TPSA) is 63.4 Å². The number of aliphatic hydroxyl groups is 1. The molecule has 0 saturated carbocycles. The third kappa shape index (κ3) is 2.60. The van der Waals surface area contributed by atoms with Gasteiger partial charge in [-0.3, -0.25) is 0 Å². The second kappa shape index (κ2) is 4.65. The molecule has 1 heterocycles. The zero-order chi connectivity index (χ0) is 11.6. The summed E-state index contributed by atoms with van der Waals surface area (Å²) in [5, 5.41) is 19.4. The Morgan fingerprint density at radius 3 is 2.60 bits per heavy atom. The van der Waals surface area contributed by atoms with Crippen LogP contribution in [0, 0.1) is 15.5 Å². The molecule has 82 valence electrons. The summed E-state index contributed by atoms with van der Waals surface area (Å²) in [4.78, 5) is 9.90. The molecule has 6 heteroatoms. The van der Waals surface area contributed by atoms with Gasteiger partial charge in [0.15, 0.2) is 0 Å². The van der Waals surface area contributed by atoms with Gasteiger partial charge in [-0.05, 0) is 0 Å². The van der Waals surface area contributed by atoms with Gasteiger partial charge in [0.25, 0.3) is 0 Å². The molecular weight excluding hydrogens is 304 g/mol. The summed E-state index contributed by atoms with van der Waals surface area (Å²) in [6, 6.07) is 0. The second-order valence-corrected chi connectivity index (χ2v) is 9.72. The van der Waals surface area contributed by atoms with Crippen LogP contribution in [0.15, 0.2) is 18.9 Å². The number of halogens is 1. The molecule has 0 spiro atoms. The molecule has 0 aromatic heterocycles. The van der Waals surface area contributed by atoms with Crippen LogP contribution in [-0.2, 0) is 0 Å². The van der Waals surface area contributed by atoms with Crippen molar-refractivity contribution >= 4 is 22.0 Å². The molecule has 0 aromatic carbocycles. The summed E-state index contributed by atoms with van der Waals surface area (Å²) in [5.41, 5.74) is -0.460. The zero-order valence-corrected chi connectivity index (χ0v) is 12.0. The van der Waals surface area contributed by atoms with Crippen LogP contribution in [0.4, 0.5) is 2.66 Å².